The van der Waals surface area contributed by atoms with Gasteiger partial charge in [0.2, 0.25) is 5.91 Å². The van der Waals surface area contributed by atoms with Gasteiger partial charge in [0, 0.05) is 6.04 Å². The predicted octanol–water partition coefficient (Wildman–Crippen LogP) is 1.55. The average Bonchev–Trinajstić information content (AvgIpc) is 2.86. The number of amides is 1. The van der Waals surface area contributed by atoms with E-state index in [9.17, 15) is 9.59 Å². The number of nitrogens with one attached hydrogen (secondary N) is 1. The second kappa shape index (κ2) is 4.85. The lowest BCUT2D eigenvalue weighted by molar-refractivity contribution is -0.146. The second-order valence-electron chi connectivity index (χ2n) is 4.97. The van der Waals surface area contributed by atoms with Crippen LogP contribution in [0.4, 0.5) is 0 Å². The molecule has 4 nitrogen and oxygen atoms in total. The van der Waals surface area contributed by atoms with Crippen molar-refractivity contribution in [3.8, 4) is 0 Å². The normalized spacial score (nSPS) is 30.5. The van der Waals surface area contributed by atoms with Crippen molar-refractivity contribution in [2.45, 2.75) is 51.0 Å². The first-order valence-corrected chi connectivity index (χ1v) is 6.21. The van der Waals surface area contributed by atoms with E-state index in [-0.39, 0.29) is 11.8 Å². The Bertz CT molecular complexity index is 284. The Hall–Kier alpha value is -1.06. The zero-order chi connectivity index (χ0) is 11.5. The van der Waals surface area contributed by atoms with Gasteiger partial charge >= 0.3 is 5.97 Å². The van der Waals surface area contributed by atoms with Crippen LogP contribution in [0, 0.1) is 11.8 Å². The molecule has 0 aliphatic heterocycles. The highest BCUT2D eigenvalue weighted by Crippen LogP contribution is 2.32. The van der Waals surface area contributed by atoms with Crippen LogP contribution in [0.1, 0.15) is 44.9 Å². The number of aliphatic carboxylic acids is 1. The molecule has 0 aromatic carbocycles. The molecular formula is C12H19NO3. The smallest absolute Gasteiger partial charge is 0.307 e. The molecule has 16 heavy (non-hydrogen) atoms. The van der Waals surface area contributed by atoms with Crippen LogP contribution in [0.3, 0.4) is 0 Å². The monoisotopic (exact) mass is 225 g/mol. The summed E-state index contributed by atoms with van der Waals surface area (Å²) in [5.41, 5.74) is 0. The first-order chi connectivity index (χ1) is 7.68. The second-order valence-corrected chi connectivity index (χ2v) is 4.97. The molecule has 0 aromatic rings. The molecule has 0 radical (unpaired) electrons. The van der Waals surface area contributed by atoms with Gasteiger partial charge in [-0.3, -0.25) is 9.59 Å². The minimum absolute atomic E-state index is 0.0307. The maximum atomic E-state index is 11.9. The van der Waals surface area contributed by atoms with Gasteiger partial charge in [0.15, 0.2) is 0 Å². The molecule has 2 saturated carbocycles. The minimum atomic E-state index is -0.816. The molecule has 90 valence electrons. The summed E-state index contributed by atoms with van der Waals surface area (Å²) in [7, 11) is 0. The molecule has 2 rings (SSSR count). The van der Waals surface area contributed by atoms with E-state index in [1.807, 2.05) is 0 Å². The summed E-state index contributed by atoms with van der Waals surface area (Å²) in [4.78, 5) is 22.9. The average molecular weight is 225 g/mol. The molecule has 2 aliphatic rings. The van der Waals surface area contributed by atoms with Gasteiger partial charge in [0.1, 0.15) is 0 Å². The SMILES string of the molecule is O=C(O)[C@H]1CCC[C@H]1C(=O)NC1CCCC1. The van der Waals surface area contributed by atoms with E-state index in [1.165, 1.54) is 12.8 Å². The van der Waals surface area contributed by atoms with Gasteiger partial charge in [0.05, 0.1) is 11.8 Å². The summed E-state index contributed by atoms with van der Waals surface area (Å²) >= 11 is 0. The lowest BCUT2D eigenvalue weighted by Crippen LogP contribution is -2.40. The minimum Gasteiger partial charge on any atom is -0.481 e. The van der Waals surface area contributed by atoms with Gasteiger partial charge in [-0.1, -0.05) is 19.3 Å². The number of carbonyl (C=O) groups is 2. The van der Waals surface area contributed by atoms with Crippen LogP contribution < -0.4 is 5.32 Å². The van der Waals surface area contributed by atoms with Crippen LogP contribution in [0.25, 0.3) is 0 Å². The van der Waals surface area contributed by atoms with Gasteiger partial charge in [-0.2, -0.15) is 0 Å². The third-order valence-corrected chi connectivity index (χ3v) is 3.87. The van der Waals surface area contributed by atoms with Crippen molar-refractivity contribution >= 4 is 11.9 Å². The van der Waals surface area contributed by atoms with Gasteiger partial charge in [-0.05, 0) is 25.7 Å². The first kappa shape index (κ1) is 11.4. The van der Waals surface area contributed by atoms with Gasteiger partial charge in [0.25, 0.3) is 0 Å². The Morgan fingerprint density at radius 3 is 2.19 bits per heavy atom. The molecule has 0 saturated heterocycles. The van der Waals surface area contributed by atoms with Crippen molar-refractivity contribution in [1.82, 2.24) is 5.32 Å². The molecule has 2 N–H and O–H groups in total. The van der Waals surface area contributed by atoms with Crippen LogP contribution in [-0.2, 0) is 9.59 Å². The van der Waals surface area contributed by atoms with Gasteiger partial charge in [-0.15, -0.1) is 0 Å². The van der Waals surface area contributed by atoms with Crippen molar-refractivity contribution in [2.24, 2.45) is 11.8 Å². The van der Waals surface area contributed by atoms with Crippen molar-refractivity contribution in [3.63, 3.8) is 0 Å². The Labute approximate surface area is 95.4 Å². The Morgan fingerprint density at radius 2 is 1.56 bits per heavy atom. The first-order valence-electron chi connectivity index (χ1n) is 6.21. The van der Waals surface area contributed by atoms with E-state index in [0.717, 1.165) is 25.7 Å². The summed E-state index contributed by atoms with van der Waals surface area (Å²) < 4.78 is 0. The maximum Gasteiger partial charge on any atom is 0.307 e. The van der Waals surface area contributed by atoms with E-state index >= 15 is 0 Å². The number of rotatable bonds is 3. The molecule has 0 unspecified atom stereocenters. The van der Waals surface area contributed by atoms with Gasteiger partial charge in [-0.25, -0.2) is 0 Å². The Morgan fingerprint density at radius 1 is 0.938 bits per heavy atom. The van der Waals surface area contributed by atoms with Crippen LogP contribution in [0.5, 0.6) is 0 Å². The lowest BCUT2D eigenvalue weighted by atomic mass is 9.95. The number of carboxylic acid groups (broad SMARTS) is 1. The molecule has 0 aromatic heterocycles. The fraction of sp³-hybridized carbons (Fsp3) is 0.833. The number of carbonyl (C=O) groups excluding carboxylic acids is 1. The zero-order valence-electron chi connectivity index (χ0n) is 9.45. The highest BCUT2D eigenvalue weighted by Gasteiger charge is 2.38. The summed E-state index contributed by atoms with van der Waals surface area (Å²) in [6.07, 6.45) is 6.70. The Balaban J connectivity index is 1.90. The molecule has 0 bridgehead atoms. The molecule has 0 spiro atoms. The molecule has 0 heterocycles. The van der Waals surface area contributed by atoms with Crippen molar-refractivity contribution in [3.05, 3.63) is 0 Å². The van der Waals surface area contributed by atoms with Crippen LogP contribution in [0.2, 0.25) is 0 Å². The topological polar surface area (TPSA) is 66.4 Å². The van der Waals surface area contributed by atoms with Crippen molar-refractivity contribution in [1.29, 1.82) is 0 Å². The largest absolute Gasteiger partial charge is 0.481 e. The van der Waals surface area contributed by atoms with E-state index in [4.69, 9.17) is 5.11 Å². The zero-order valence-corrected chi connectivity index (χ0v) is 9.45. The van der Waals surface area contributed by atoms with Gasteiger partial charge < -0.3 is 10.4 Å². The van der Waals surface area contributed by atoms with E-state index in [2.05, 4.69) is 5.32 Å². The van der Waals surface area contributed by atoms with Crippen molar-refractivity contribution in [2.75, 3.05) is 0 Å². The summed E-state index contributed by atoms with van der Waals surface area (Å²) in [5.74, 6) is -1.60. The standard InChI is InChI=1S/C12H19NO3/c14-11(13-8-4-1-2-5-8)9-6-3-7-10(9)12(15)16/h8-10H,1-7H2,(H,13,14)(H,15,16)/t9-,10+/m1/s1. The van der Waals surface area contributed by atoms with Crippen molar-refractivity contribution < 1.29 is 14.7 Å². The molecule has 2 fully saturated rings. The summed E-state index contributed by atoms with van der Waals surface area (Å²) in [6, 6.07) is 0.294. The van der Waals surface area contributed by atoms with E-state index < -0.39 is 11.9 Å². The van der Waals surface area contributed by atoms with Crippen LogP contribution in [-0.4, -0.2) is 23.0 Å². The fourth-order valence-corrected chi connectivity index (χ4v) is 2.95. The summed E-state index contributed by atoms with van der Waals surface area (Å²) in [6.45, 7) is 0. The molecule has 1 amide bonds. The van der Waals surface area contributed by atoms with E-state index in [1.54, 1.807) is 0 Å². The number of carboxylic acids is 1. The number of hydrogen-bond acceptors (Lipinski definition) is 2. The van der Waals surface area contributed by atoms with Crippen LogP contribution >= 0.6 is 0 Å². The third kappa shape index (κ3) is 2.36. The maximum absolute atomic E-state index is 11.9. The highest BCUT2D eigenvalue weighted by molar-refractivity contribution is 5.85. The molecule has 2 aliphatic carbocycles. The predicted molar refractivity (Wildman–Crippen MR) is 58.9 cm³/mol. The number of hydrogen-bond donors (Lipinski definition) is 2. The summed E-state index contributed by atoms with van der Waals surface area (Å²) in [5, 5.41) is 12.0. The third-order valence-electron chi connectivity index (χ3n) is 3.87. The molecule has 4 heteroatoms. The fourth-order valence-electron chi connectivity index (χ4n) is 2.95. The molecular weight excluding hydrogens is 206 g/mol. The molecule has 2 atom stereocenters. The highest BCUT2D eigenvalue weighted by atomic mass is 16.4. The van der Waals surface area contributed by atoms with Crippen LogP contribution in [0.15, 0.2) is 0 Å². The van der Waals surface area contributed by atoms with E-state index in [0.29, 0.717) is 12.5 Å². The quantitative estimate of drug-likeness (QED) is 0.765. The lowest BCUT2D eigenvalue weighted by Gasteiger charge is -2.18. The Kier molecular flexibility index (Phi) is 3.46.